The largest absolute Gasteiger partial charge is 0.350 e. The van der Waals surface area contributed by atoms with Gasteiger partial charge >= 0.3 is 0 Å². The lowest BCUT2D eigenvalue weighted by molar-refractivity contribution is -0.138. The molecule has 0 unspecified atom stereocenters. The normalized spacial score (nSPS) is 14.8. The lowest BCUT2D eigenvalue weighted by atomic mass is 10.0. The molecule has 0 bridgehead atoms. The van der Waals surface area contributed by atoms with Crippen LogP contribution in [0.2, 0.25) is 0 Å². The van der Waals surface area contributed by atoms with Crippen molar-refractivity contribution in [2.75, 3.05) is 5.32 Å². The van der Waals surface area contributed by atoms with Crippen LogP contribution >= 0.6 is 0 Å². The molecule has 1 aliphatic rings. The highest BCUT2D eigenvalue weighted by Crippen LogP contribution is 2.32. The van der Waals surface area contributed by atoms with Gasteiger partial charge in [-0.3, -0.25) is 14.5 Å². The number of nitrogens with zero attached hydrogens (tertiary/aromatic N) is 1. The Morgan fingerprint density at radius 3 is 2.12 bits per heavy atom. The second kappa shape index (κ2) is 6.32. The molecule has 4 nitrogen and oxygen atoms in total. The first-order chi connectivity index (χ1) is 11.5. The highest BCUT2D eigenvalue weighted by molar-refractivity contribution is 6.36. The molecular formula is C20H20N2O2. The van der Waals surface area contributed by atoms with Crippen LogP contribution in [0.5, 0.6) is 0 Å². The second-order valence-corrected chi connectivity index (χ2v) is 6.13. The molecule has 0 radical (unpaired) electrons. The molecule has 2 amide bonds. The van der Waals surface area contributed by atoms with Gasteiger partial charge in [-0.2, -0.15) is 0 Å². The molecule has 0 aliphatic carbocycles. The van der Waals surface area contributed by atoms with Crippen LogP contribution in [-0.2, 0) is 9.59 Å². The average Bonchev–Trinajstić information content (AvgIpc) is 2.81. The monoisotopic (exact) mass is 320 g/mol. The van der Waals surface area contributed by atoms with E-state index in [2.05, 4.69) is 5.32 Å². The second-order valence-electron chi connectivity index (χ2n) is 6.13. The summed E-state index contributed by atoms with van der Waals surface area (Å²) in [5.74, 6) is -0.533. The number of imide groups is 1. The minimum atomic E-state index is -0.280. The Kier molecular flexibility index (Phi) is 4.21. The first-order valence-corrected chi connectivity index (χ1v) is 8.01. The van der Waals surface area contributed by atoms with E-state index < -0.39 is 0 Å². The van der Waals surface area contributed by atoms with Gasteiger partial charge in [-0.05, 0) is 38.0 Å². The van der Waals surface area contributed by atoms with Crippen LogP contribution < -0.4 is 5.32 Å². The highest BCUT2D eigenvalue weighted by atomic mass is 16.2. The number of anilines is 1. The number of aryl methyl sites for hydroxylation is 1. The minimum Gasteiger partial charge on any atom is -0.350 e. The van der Waals surface area contributed by atoms with E-state index in [1.807, 2.05) is 75.4 Å². The maximum Gasteiger partial charge on any atom is 0.278 e. The van der Waals surface area contributed by atoms with Crippen LogP contribution in [0.15, 0.2) is 60.3 Å². The molecule has 3 rings (SSSR count). The van der Waals surface area contributed by atoms with Gasteiger partial charge in [0.15, 0.2) is 0 Å². The van der Waals surface area contributed by atoms with Gasteiger partial charge in [0.05, 0.1) is 5.57 Å². The third-order valence-electron chi connectivity index (χ3n) is 4.10. The number of hydrogen-bond donors (Lipinski definition) is 1. The number of amides is 2. The molecule has 24 heavy (non-hydrogen) atoms. The summed E-state index contributed by atoms with van der Waals surface area (Å²) < 4.78 is 0. The van der Waals surface area contributed by atoms with Crippen LogP contribution in [0.25, 0.3) is 5.57 Å². The predicted molar refractivity (Wildman–Crippen MR) is 95.2 cm³/mol. The van der Waals surface area contributed by atoms with Gasteiger partial charge in [0.25, 0.3) is 11.8 Å². The van der Waals surface area contributed by atoms with Crippen molar-refractivity contribution in [2.45, 2.75) is 26.8 Å². The Hall–Kier alpha value is -2.88. The number of hydrogen-bond acceptors (Lipinski definition) is 3. The number of benzene rings is 2. The SMILES string of the molecule is Cc1ccccc1NC1=C(c2ccccc2)C(=O)N(C(C)C)C1=O. The summed E-state index contributed by atoms with van der Waals surface area (Å²) in [7, 11) is 0. The van der Waals surface area contributed by atoms with Crippen LogP contribution in [0.4, 0.5) is 5.69 Å². The summed E-state index contributed by atoms with van der Waals surface area (Å²) >= 11 is 0. The molecule has 0 saturated carbocycles. The van der Waals surface area contributed by atoms with Gasteiger partial charge < -0.3 is 5.32 Å². The lowest BCUT2D eigenvalue weighted by Gasteiger charge is -2.19. The molecule has 0 saturated heterocycles. The summed E-state index contributed by atoms with van der Waals surface area (Å²) in [5.41, 5.74) is 3.36. The van der Waals surface area contributed by atoms with E-state index in [1.165, 1.54) is 4.90 Å². The molecule has 2 aromatic rings. The van der Waals surface area contributed by atoms with Crippen molar-refractivity contribution in [1.29, 1.82) is 0 Å². The Labute approximate surface area is 141 Å². The number of carbonyl (C=O) groups excluding carboxylic acids is 2. The van der Waals surface area contributed by atoms with Crippen molar-refractivity contribution in [1.82, 2.24) is 4.90 Å². The van der Waals surface area contributed by atoms with Crippen LogP contribution in [0.1, 0.15) is 25.0 Å². The number of rotatable bonds is 4. The van der Waals surface area contributed by atoms with Crippen LogP contribution in [-0.4, -0.2) is 22.8 Å². The van der Waals surface area contributed by atoms with Crippen LogP contribution in [0, 0.1) is 6.92 Å². The zero-order valence-corrected chi connectivity index (χ0v) is 14.0. The summed E-state index contributed by atoms with van der Waals surface area (Å²) in [4.78, 5) is 27.0. The summed E-state index contributed by atoms with van der Waals surface area (Å²) in [6.45, 7) is 5.65. The van der Waals surface area contributed by atoms with E-state index in [0.29, 0.717) is 11.3 Å². The van der Waals surface area contributed by atoms with Gasteiger partial charge in [-0.15, -0.1) is 0 Å². The topological polar surface area (TPSA) is 49.4 Å². The van der Waals surface area contributed by atoms with E-state index in [4.69, 9.17) is 0 Å². The quantitative estimate of drug-likeness (QED) is 0.876. The summed E-state index contributed by atoms with van der Waals surface area (Å²) in [5, 5.41) is 3.19. The molecule has 1 aliphatic heterocycles. The third-order valence-corrected chi connectivity index (χ3v) is 4.10. The molecular weight excluding hydrogens is 300 g/mol. The first-order valence-electron chi connectivity index (χ1n) is 8.01. The number of carbonyl (C=O) groups is 2. The molecule has 0 atom stereocenters. The van der Waals surface area contributed by atoms with E-state index in [-0.39, 0.29) is 17.9 Å². The zero-order valence-electron chi connectivity index (χ0n) is 14.0. The van der Waals surface area contributed by atoms with Crippen molar-refractivity contribution in [2.24, 2.45) is 0 Å². The minimum absolute atomic E-state index is 0.195. The predicted octanol–water partition coefficient (Wildman–Crippen LogP) is 3.60. The smallest absolute Gasteiger partial charge is 0.278 e. The van der Waals surface area contributed by atoms with Gasteiger partial charge in [0.2, 0.25) is 0 Å². The Morgan fingerprint density at radius 1 is 0.875 bits per heavy atom. The fraction of sp³-hybridized carbons (Fsp3) is 0.200. The van der Waals surface area contributed by atoms with E-state index in [1.54, 1.807) is 0 Å². The highest BCUT2D eigenvalue weighted by Gasteiger charge is 2.40. The molecule has 122 valence electrons. The third kappa shape index (κ3) is 2.71. The average molecular weight is 320 g/mol. The Bertz CT molecular complexity index is 823. The number of para-hydroxylation sites is 1. The van der Waals surface area contributed by atoms with E-state index in [0.717, 1.165) is 16.8 Å². The molecule has 1 heterocycles. The van der Waals surface area contributed by atoms with Crippen molar-refractivity contribution in [3.63, 3.8) is 0 Å². The van der Waals surface area contributed by atoms with Crippen molar-refractivity contribution in [3.8, 4) is 0 Å². The molecule has 0 aromatic heterocycles. The van der Waals surface area contributed by atoms with Crippen molar-refractivity contribution < 1.29 is 9.59 Å². The fourth-order valence-corrected chi connectivity index (χ4v) is 2.85. The summed E-state index contributed by atoms with van der Waals surface area (Å²) in [6, 6.07) is 16.8. The molecule has 0 fully saturated rings. The number of nitrogens with one attached hydrogen (secondary N) is 1. The molecule has 2 aromatic carbocycles. The van der Waals surface area contributed by atoms with Gasteiger partial charge in [-0.25, -0.2) is 0 Å². The zero-order chi connectivity index (χ0) is 17.3. The first kappa shape index (κ1) is 16.0. The standard InChI is InChI=1S/C20H20N2O2/c1-13(2)22-19(23)17(15-10-5-4-6-11-15)18(20(22)24)21-16-12-8-7-9-14(16)3/h4-13,21H,1-3H3. The summed E-state index contributed by atoms with van der Waals surface area (Å²) in [6.07, 6.45) is 0. The van der Waals surface area contributed by atoms with Gasteiger partial charge in [-0.1, -0.05) is 48.5 Å². The van der Waals surface area contributed by atoms with E-state index in [9.17, 15) is 9.59 Å². The Morgan fingerprint density at radius 2 is 1.50 bits per heavy atom. The van der Waals surface area contributed by atoms with Gasteiger partial charge in [0, 0.05) is 11.7 Å². The molecule has 4 heteroatoms. The van der Waals surface area contributed by atoms with Crippen molar-refractivity contribution in [3.05, 3.63) is 71.4 Å². The maximum atomic E-state index is 12.9. The maximum absolute atomic E-state index is 12.9. The fourth-order valence-electron chi connectivity index (χ4n) is 2.85. The van der Waals surface area contributed by atoms with Crippen LogP contribution in [0.3, 0.4) is 0 Å². The van der Waals surface area contributed by atoms with E-state index >= 15 is 0 Å². The molecule has 0 spiro atoms. The lowest BCUT2D eigenvalue weighted by Crippen LogP contribution is -2.38. The molecule has 1 N–H and O–H groups in total. The Balaban J connectivity index is 2.12. The van der Waals surface area contributed by atoms with Gasteiger partial charge in [0.1, 0.15) is 5.70 Å². The van der Waals surface area contributed by atoms with Crippen molar-refractivity contribution >= 4 is 23.1 Å².